The molecule has 0 amide bonds. The number of hydrogen-bond donors (Lipinski definition) is 1. The number of aliphatic carboxylic acids is 1. The van der Waals surface area contributed by atoms with E-state index in [1.54, 1.807) is 6.08 Å². The number of aryl methyl sites for hydroxylation is 1. The van der Waals surface area contributed by atoms with Crippen LogP contribution < -0.4 is 0 Å². The van der Waals surface area contributed by atoms with Gasteiger partial charge in [0.2, 0.25) is 0 Å². The molecule has 0 aliphatic carbocycles. The lowest BCUT2D eigenvalue weighted by molar-refractivity contribution is -0.131. The van der Waals surface area contributed by atoms with E-state index in [9.17, 15) is 4.79 Å². The summed E-state index contributed by atoms with van der Waals surface area (Å²) in [5.41, 5.74) is 1.80. The highest BCUT2D eigenvalue weighted by Crippen LogP contribution is 2.19. The molecular weight excluding hydrogens is 270 g/mol. The lowest BCUT2D eigenvalue weighted by Gasteiger charge is -2.04. The highest BCUT2D eigenvalue weighted by Gasteiger charge is 2.01. The molecule has 0 aromatic heterocycles. The van der Waals surface area contributed by atoms with Gasteiger partial charge in [0.05, 0.1) is 6.07 Å². The minimum atomic E-state index is -0.978. The molecule has 82 valence electrons. The van der Waals surface area contributed by atoms with E-state index in [1.165, 1.54) is 0 Å². The summed E-state index contributed by atoms with van der Waals surface area (Å²) < 4.78 is 0.924. The highest BCUT2D eigenvalue weighted by molar-refractivity contribution is 9.10. The van der Waals surface area contributed by atoms with Crippen molar-refractivity contribution >= 4 is 28.0 Å². The van der Waals surface area contributed by atoms with Gasteiger partial charge in [-0.15, -0.1) is 0 Å². The Kier molecular flexibility index (Phi) is 4.74. The number of hydrogen-bond acceptors (Lipinski definition) is 2. The van der Waals surface area contributed by atoms with Crippen LogP contribution in [0.3, 0.4) is 0 Å². The maximum absolute atomic E-state index is 10.4. The van der Waals surface area contributed by atoms with E-state index in [-0.39, 0.29) is 0 Å². The lowest BCUT2D eigenvalue weighted by Crippen LogP contribution is -1.91. The SMILES string of the molecule is N#CCCc1cc(Br)ccc1/C=C/C(=O)O. The molecule has 1 aromatic carbocycles. The Morgan fingerprint density at radius 2 is 2.31 bits per heavy atom. The third-order valence-corrected chi connectivity index (χ3v) is 2.51. The zero-order valence-electron chi connectivity index (χ0n) is 8.48. The van der Waals surface area contributed by atoms with Crippen molar-refractivity contribution in [3.8, 4) is 6.07 Å². The third-order valence-electron chi connectivity index (χ3n) is 2.02. The van der Waals surface area contributed by atoms with Crippen LogP contribution in [0.25, 0.3) is 6.08 Å². The zero-order valence-corrected chi connectivity index (χ0v) is 10.1. The summed E-state index contributed by atoms with van der Waals surface area (Å²) >= 11 is 3.34. The predicted molar refractivity (Wildman–Crippen MR) is 64.7 cm³/mol. The van der Waals surface area contributed by atoms with Crippen molar-refractivity contribution in [2.45, 2.75) is 12.8 Å². The summed E-state index contributed by atoms with van der Waals surface area (Å²) in [5, 5.41) is 17.1. The van der Waals surface area contributed by atoms with Gasteiger partial charge in [-0.1, -0.05) is 22.0 Å². The first kappa shape index (κ1) is 12.5. The average Bonchev–Trinajstić information content (AvgIpc) is 2.24. The summed E-state index contributed by atoms with van der Waals surface area (Å²) in [7, 11) is 0. The van der Waals surface area contributed by atoms with Crippen LogP contribution in [0, 0.1) is 11.3 Å². The number of benzene rings is 1. The number of carbonyl (C=O) groups is 1. The van der Waals surface area contributed by atoms with E-state index < -0.39 is 5.97 Å². The van der Waals surface area contributed by atoms with Gasteiger partial charge < -0.3 is 5.11 Å². The van der Waals surface area contributed by atoms with Crippen LogP contribution in [0.2, 0.25) is 0 Å². The fourth-order valence-corrected chi connectivity index (χ4v) is 1.71. The van der Waals surface area contributed by atoms with Crippen molar-refractivity contribution in [1.29, 1.82) is 5.26 Å². The molecule has 4 heteroatoms. The molecule has 16 heavy (non-hydrogen) atoms. The zero-order chi connectivity index (χ0) is 12.0. The molecular formula is C12H10BrNO2. The maximum Gasteiger partial charge on any atom is 0.328 e. The van der Waals surface area contributed by atoms with Crippen molar-refractivity contribution in [1.82, 2.24) is 0 Å². The van der Waals surface area contributed by atoms with Crippen LogP contribution in [-0.2, 0) is 11.2 Å². The number of rotatable bonds is 4. The molecule has 3 nitrogen and oxygen atoms in total. The number of carboxylic acid groups (broad SMARTS) is 1. The first-order valence-corrected chi connectivity index (χ1v) is 5.49. The summed E-state index contributed by atoms with van der Waals surface area (Å²) in [6.07, 6.45) is 3.68. The van der Waals surface area contributed by atoms with Crippen molar-refractivity contribution in [3.63, 3.8) is 0 Å². The number of halogens is 1. The molecule has 0 spiro atoms. The topological polar surface area (TPSA) is 61.1 Å². The Bertz CT molecular complexity index is 461. The van der Waals surface area contributed by atoms with Crippen LogP contribution in [-0.4, -0.2) is 11.1 Å². The first-order valence-electron chi connectivity index (χ1n) is 4.70. The van der Waals surface area contributed by atoms with Gasteiger partial charge in [0.25, 0.3) is 0 Å². The standard InChI is InChI=1S/C12H10BrNO2/c13-11-5-3-9(4-6-12(15)16)10(8-11)2-1-7-14/h3-6,8H,1-2H2,(H,15,16)/b6-4+. The van der Waals surface area contributed by atoms with E-state index in [0.29, 0.717) is 12.8 Å². The molecule has 0 heterocycles. The highest BCUT2D eigenvalue weighted by atomic mass is 79.9. The average molecular weight is 280 g/mol. The fraction of sp³-hybridized carbons (Fsp3) is 0.167. The molecule has 0 saturated heterocycles. The number of carboxylic acids is 1. The van der Waals surface area contributed by atoms with Crippen LogP contribution in [0.4, 0.5) is 0 Å². The lowest BCUT2D eigenvalue weighted by atomic mass is 10.0. The molecule has 0 aliphatic rings. The van der Waals surface area contributed by atoms with Gasteiger partial charge in [-0.05, 0) is 35.8 Å². The van der Waals surface area contributed by atoms with Crippen molar-refractivity contribution < 1.29 is 9.90 Å². The molecule has 1 rings (SSSR count). The van der Waals surface area contributed by atoms with Crippen LogP contribution in [0.1, 0.15) is 17.5 Å². The molecule has 0 saturated carbocycles. The number of nitriles is 1. The van der Waals surface area contributed by atoms with Crippen molar-refractivity contribution in [2.75, 3.05) is 0 Å². The maximum atomic E-state index is 10.4. The molecule has 1 aromatic rings. The Labute approximate surface area is 102 Å². The Hall–Kier alpha value is -1.60. The van der Waals surface area contributed by atoms with Gasteiger partial charge in [0.15, 0.2) is 0 Å². The Balaban J connectivity index is 2.98. The molecule has 0 fully saturated rings. The molecule has 0 radical (unpaired) electrons. The van der Waals surface area contributed by atoms with E-state index >= 15 is 0 Å². The van der Waals surface area contributed by atoms with Crippen LogP contribution >= 0.6 is 15.9 Å². The Morgan fingerprint density at radius 1 is 1.56 bits per heavy atom. The summed E-state index contributed by atoms with van der Waals surface area (Å²) in [4.78, 5) is 10.4. The van der Waals surface area contributed by atoms with Gasteiger partial charge in [-0.3, -0.25) is 0 Å². The summed E-state index contributed by atoms with van der Waals surface area (Å²) in [6.45, 7) is 0. The third kappa shape index (κ3) is 3.87. The van der Waals surface area contributed by atoms with E-state index in [4.69, 9.17) is 10.4 Å². The fourth-order valence-electron chi connectivity index (χ4n) is 1.31. The van der Waals surface area contributed by atoms with Gasteiger partial charge in [0.1, 0.15) is 0 Å². The number of nitrogens with zero attached hydrogens (tertiary/aromatic N) is 1. The van der Waals surface area contributed by atoms with E-state index in [0.717, 1.165) is 21.7 Å². The monoisotopic (exact) mass is 279 g/mol. The first-order chi connectivity index (χ1) is 7.63. The second-order valence-electron chi connectivity index (χ2n) is 3.17. The van der Waals surface area contributed by atoms with E-state index in [2.05, 4.69) is 22.0 Å². The van der Waals surface area contributed by atoms with Crippen molar-refractivity contribution in [2.24, 2.45) is 0 Å². The van der Waals surface area contributed by atoms with E-state index in [1.807, 2.05) is 18.2 Å². The molecule has 0 aliphatic heterocycles. The molecule has 0 bridgehead atoms. The second kappa shape index (κ2) is 6.09. The minimum Gasteiger partial charge on any atom is -0.478 e. The second-order valence-corrected chi connectivity index (χ2v) is 4.09. The predicted octanol–water partition coefficient (Wildman–Crippen LogP) is 3.00. The Morgan fingerprint density at radius 3 is 2.94 bits per heavy atom. The van der Waals surface area contributed by atoms with Gasteiger partial charge in [-0.25, -0.2) is 4.79 Å². The van der Waals surface area contributed by atoms with Gasteiger partial charge in [0, 0.05) is 17.0 Å². The normalized spacial score (nSPS) is 10.2. The molecule has 1 N–H and O–H groups in total. The molecule has 0 unspecified atom stereocenters. The van der Waals surface area contributed by atoms with Crippen LogP contribution in [0.15, 0.2) is 28.7 Å². The summed E-state index contributed by atoms with van der Waals surface area (Å²) in [6, 6.07) is 7.65. The quantitative estimate of drug-likeness (QED) is 0.862. The van der Waals surface area contributed by atoms with Gasteiger partial charge in [-0.2, -0.15) is 5.26 Å². The van der Waals surface area contributed by atoms with Crippen molar-refractivity contribution in [3.05, 3.63) is 39.9 Å². The smallest absolute Gasteiger partial charge is 0.328 e. The summed E-state index contributed by atoms with van der Waals surface area (Å²) in [5.74, 6) is -0.978. The van der Waals surface area contributed by atoms with Gasteiger partial charge >= 0.3 is 5.97 Å². The molecule has 0 atom stereocenters. The largest absolute Gasteiger partial charge is 0.478 e. The van der Waals surface area contributed by atoms with Crippen LogP contribution in [0.5, 0.6) is 0 Å². The minimum absolute atomic E-state index is 0.421.